The monoisotopic (exact) mass is 372 g/mol. The molecular weight excluding hydrogens is 344 g/mol. The van der Waals surface area contributed by atoms with Crippen molar-refractivity contribution in [2.75, 3.05) is 37.6 Å². The Morgan fingerprint density at radius 3 is 2.22 bits per heavy atom. The Balaban J connectivity index is 1.50. The third-order valence-corrected chi connectivity index (χ3v) is 5.26. The molecule has 27 heavy (non-hydrogen) atoms. The molecule has 7 heteroatoms. The van der Waals surface area contributed by atoms with Gasteiger partial charge in [-0.25, -0.2) is 9.97 Å². The second-order valence-corrected chi connectivity index (χ2v) is 7.11. The number of hydrogen-bond acceptors (Lipinski definition) is 7. The maximum Gasteiger partial charge on any atom is 0.225 e. The normalized spacial score (nSPS) is 18.9. The van der Waals surface area contributed by atoms with Crippen molar-refractivity contribution in [1.82, 2.24) is 14.9 Å². The molecule has 3 N–H and O–H groups in total. The van der Waals surface area contributed by atoms with E-state index in [0.717, 1.165) is 43.3 Å². The van der Waals surface area contributed by atoms with Crippen LogP contribution in [0.25, 0.3) is 0 Å². The molecule has 0 spiro atoms. The molecule has 146 valence electrons. The average Bonchev–Trinajstić information content (AvgIpc) is 2.74. The molecule has 3 atom stereocenters. The van der Waals surface area contributed by atoms with Crippen molar-refractivity contribution in [2.45, 2.75) is 25.7 Å². The Kier molecular flexibility index (Phi) is 6.73. The number of rotatable bonds is 7. The molecule has 0 bridgehead atoms. The van der Waals surface area contributed by atoms with Crippen LogP contribution in [-0.2, 0) is 6.61 Å². The number of β-amino-alcohol motifs (C(OH)–C–C–N with tert-alkyl or cyclic N) is 1. The van der Waals surface area contributed by atoms with Gasteiger partial charge >= 0.3 is 0 Å². The van der Waals surface area contributed by atoms with E-state index >= 15 is 0 Å². The zero-order chi connectivity index (χ0) is 19.2. The standard InChI is InChI=1S/C20H28N4O3/c1-15(19(27)17-5-3-16(14-25)4-6-17)18(26)13-23-9-11-24(12-10-23)20-21-7-2-8-22-20/h2-8,15,18-19,25-27H,9-14H2,1H3. The van der Waals surface area contributed by atoms with Crippen LogP contribution in [-0.4, -0.2) is 69.0 Å². The van der Waals surface area contributed by atoms with E-state index in [2.05, 4.69) is 19.8 Å². The lowest BCUT2D eigenvalue weighted by atomic mass is 9.91. The predicted octanol–water partition coefficient (Wildman–Crippen LogP) is 0.821. The SMILES string of the molecule is CC(C(O)CN1CCN(c2ncccn2)CC1)C(O)c1ccc(CO)cc1. The van der Waals surface area contributed by atoms with E-state index < -0.39 is 12.2 Å². The molecule has 2 aromatic rings. The van der Waals surface area contributed by atoms with Crippen LogP contribution in [0.1, 0.15) is 24.2 Å². The van der Waals surface area contributed by atoms with E-state index in [9.17, 15) is 10.2 Å². The highest BCUT2D eigenvalue weighted by Crippen LogP contribution is 2.25. The van der Waals surface area contributed by atoms with Crippen LogP contribution in [0.2, 0.25) is 0 Å². The Labute approximate surface area is 159 Å². The molecule has 0 radical (unpaired) electrons. The lowest BCUT2D eigenvalue weighted by Gasteiger charge is -2.37. The minimum atomic E-state index is -0.744. The summed E-state index contributed by atoms with van der Waals surface area (Å²) in [5, 5.41) is 30.3. The summed E-state index contributed by atoms with van der Waals surface area (Å²) in [4.78, 5) is 12.9. The topological polar surface area (TPSA) is 93.0 Å². The van der Waals surface area contributed by atoms with E-state index in [1.165, 1.54) is 0 Å². The number of anilines is 1. The Bertz CT molecular complexity index is 690. The van der Waals surface area contributed by atoms with Crippen molar-refractivity contribution >= 4 is 5.95 Å². The van der Waals surface area contributed by atoms with Gasteiger partial charge in [0.25, 0.3) is 0 Å². The van der Waals surface area contributed by atoms with Gasteiger partial charge in [0.2, 0.25) is 5.95 Å². The lowest BCUT2D eigenvalue weighted by Crippen LogP contribution is -2.50. The molecule has 1 aliphatic rings. The summed E-state index contributed by atoms with van der Waals surface area (Å²) in [6.45, 7) is 5.65. The van der Waals surface area contributed by atoms with Gasteiger partial charge in [-0.15, -0.1) is 0 Å². The first-order chi connectivity index (χ1) is 13.1. The van der Waals surface area contributed by atoms with Crippen molar-refractivity contribution in [3.05, 3.63) is 53.9 Å². The first kappa shape index (κ1) is 19.7. The number of aliphatic hydroxyl groups excluding tert-OH is 3. The van der Waals surface area contributed by atoms with Crippen LogP contribution >= 0.6 is 0 Å². The lowest BCUT2D eigenvalue weighted by molar-refractivity contribution is 0.000865. The Hall–Kier alpha value is -2.06. The third-order valence-electron chi connectivity index (χ3n) is 5.26. The van der Waals surface area contributed by atoms with Gasteiger partial charge in [-0.05, 0) is 17.2 Å². The summed E-state index contributed by atoms with van der Waals surface area (Å²) < 4.78 is 0. The fourth-order valence-electron chi connectivity index (χ4n) is 3.35. The number of nitrogens with zero attached hydrogens (tertiary/aromatic N) is 4. The summed E-state index contributed by atoms with van der Waals surface area (Å²) in [5.74, 6) is 0.452. The van der Waals surface area contributed by atoms with Crippen LogP contribution in [0, 0.1) is 5.92 Å². The second-order valence-electron chi connectivity index (χ2n) is 7.11. The van der Waals surface area contributed by atoms with Crippen LogP contribution in [0.5, 0.6) is 0 Å². The molecule has 1 aromatic carbocycles. The van der Waals surface area contributed by atoms with E-state index in [1.807, 2.05) is 6.92 Å². The van der Waals surface area contributed by atoms with Gasteiger partial charge in [-0.3, -0.25) is 4.90 Å². The van der Waals surface area contributed by atoms with Crippen molar-refractivity contribution in [1.29, 1.82) is 0 Å². The van der Waals surface area contributed by atoms with E-state index in [-0.39, 0.29) is 12.5 Å². The molecular formula is C20H28N4O3. The van der Waals surface area contributed by atoms with Gasteiger partial charge in [-0.2, -0.15) is 0 Å². The van der Waals surface area contributed by atoms with Crippen LogP contribution in [0.15, 0.2) is 42.7 Å². The zero-order valence-electron chi connectivity index (χ0n) is 15.6. The molecule has 1 saturated heterocycles. The quantitative estimate of drug-likeness (QED) is 0.663. The summed E-state index contributed by atoms with van der Waals surface area (Å²) in [5.41, 5.74) is 1.56. The summed E-state index contributed by atoms with van der Waals surface area (Å²) in [7, 11) is 0. The minimum absolute atomic E-state index is 0.0193. The maximum absolute atomic E-state index is 10.6. The minimum Gasteiger partial charge on any atom is -0.392 e. The van der Waals surface area contributed by atoms with Gasteiger partial charge < -0.3 is 20.2 Å². The van der Waals surface area contributed by atoms with Crippen LogP contribution in [0.3, 0.4) is 0 Å². The average molecular weight is 372 g/mol. The summed E-state index contributed by atoms with van der Waals surface area (Å²) >= 11 is 0. The fraction of sp³-hybridized carbons (Fsp3) is 0.500. The fourth-order valence-corrected chi connectivity index (χ4v) is 3.35. The second kappa shape index (κ2) is 9.23. The molecule has 3 unspecified atom stereocenters. The molecule has 1 aliphatic heterocycles. The van der Waals surface area contributed by atoms with Crippen molar-refractivity contribution in [2.24, 2.45) is 5.92 Å². The van der Waals surface area contributed by atoms with E-state index in [4.69, 9.17) is 5.11 Å². The van der Waals surface area contributed by atoms with Crippen molar-refractivity contribution in [3.8, 4) is 0 Å². The first-order valence-corrected chi connectivity index (χ1v) is 9.38. The number of aromatic nitrogens is 2. The third kappa shape index (κ3) is 5.01. The summed E-state index contributed by atoms with van der Waals surface area (Å²) in [6.07, 6.45) is 2.12. The highest BCUT2D eigenvalue weighted by atomic mass is 16.3. The predicted molar refractivity (Wildman–Crippen MR) is 103 cm³/mol. The molecule has 0 saturated carbocycles. The molecule has 1 aromatic heterocycles. The van der Waals surface area contributed by atoms with Gasteiger partial charge in [0.1, 0.15) is 0 Å². The number of benzene rings is 1. The molecule has 0 aliphatic carbocycles. The van der Waals surface area contributed by atoms with Crippen molar-refractivity contribution < 1.29 is 15.3 Å². The number of piperazine rings is 1. The van der Waals surface area contributed by atoms with Crippen molar-refractivity contribution in [3.63, 3.8) is 0 Å². The molecule has 2 heterocycles. The smallest absolute Gasteiger partial charge is 0.225 e. The van der Waals surface area contributed by atoms with Gasteiger partial charge in [0.05, 0.1) is 18.8 Å². The molecule has 1 fully saturated rings. The zero-order valence-corrected chi connectivity index (χ0v) is 15.6. The highest BCUT2D eigenvalue weighted by molar-refractivity contribution is 5.29. The van der Waals surface area contributed by atoms with Gasteiger partial charge in [0, 0.05) is 51.0 Å². The van der Waals surface area contributed by atoms with Gasteiger partial charge in [-0.1, -0.05) is 31.2 Å². The molecule has 3 rings (SSSR count). The Morgan fingerprint density at radius 2 is 1.63 bits per heavy atom. The van der Waals surface area contributed by atoms with Crippen LogP contribution in [0.4, 0.5) is 5.95 Å². The Morgan fingerprint density at radius 1 is 1.00 bits per heavy atom. The summed E-state index contributed by atoms with van der Waals surface area (Å²) in [6, 6.07) is 9.00. The first-order valence-electron chi connectivity index (χ1n) is 9.38. The van der Waals surface area contributed by atoms with Crippen LogP contribution < -0.4 is 4.90 Å². The van der Waals surface area contributed by atoms with E-state index in [1.54, 1.807) is 42.7 Å². The number of aliphatic hydroxyl groups is 3. The largest absolute Gasteiger partial charge is 0.392 e. The highest BCUT2D eigenvalue weighted by Gasteiger charge is 2.27. The maximum atomic E-state index is 10.6. The van der Waals surface area contributed by atoms with Gasteiger partial charge in [0.15, 0.2) is 0 Å². The van der Waals surface area contributed by atoms with E-state index in [0.29, 0.717) is 6.54 Å². The molecule has 7 nitrogen and oxygen atoms in total. The number of hydrogen-bond donors (Lipinski definition) is 3. The molecule has 0 amide bonds.